The van der Waals surface area contributed by atoms with E-state index in [2.05, 4.69) is 0 Å². The number of aliphatic hydroxyl groups is 1. The Hall–Kier alpha value is -1.05. The van der Waals surface area contributed by atoms with Crippen molar-refractivity contribution in [3.63, 3.8) is 0 Å². The third kappa shape index (κ3) is 2.49. The highest BCUT2D eigenvalue weighted by atomic mass is 16.3. The van der Waals surface area contributed by atoms with Crippen molar-refractivity contribution < 1.29 is 9.90 Å². The van der Waals surface area contributed by atoms with Crippen molar-refractivity contribution in [1.29, 1.82) is 0 Å². The molecule has 15 heavy (non-hydrogen) atoms. The maximum atomic E-state index is 11.4. The summed E-state index contributed by atoms with van der Waals surface area (Å²) in [6.45, 7) is 7.98. The third-order valence-electron chi connectivity index (χ3n) is 2.96. The first kappa shape index (κ1) is 12.0. The molecule has 1 atom stereocenters. The van der Waals surface area contributed by atoms with Crippen LogP contribution in [0.3, 0.4) is 0 Å². The largest absolute Gasteiger partial charge is 0.512 e. The van der Waals surface area contributed by atoms with E-state index < -0.39 is 0 Å². The highest BCUT2D eigenvalue weighted by Gasteiger charge is 2.38. The Kier molecular flexibility index (Phi) is 3.38. The topological polar surface area (TPSA) is 37.3 Å². The van der Waals surface area contributed by atoms with Gasteiger partial charge < -0.3 is 5.11 Å². The first-order chi connectivity index (χ1) is 6.88. The van der Waals surface area contributed by atoms with Gasteiger partial charge in [0, 0.05) is 12.3 Å². The predicted octanol–water partition coefficient (Wildman–Crippen LogP) is 3.40. The van der Waals surface area contributed by atoms with Crippen molar-refractivity contribution in [2.24, 2.45) is 11.3 Å². The van der Waals surface area contributed by atoms with Crippen LogP contribution in [0.2, 0.25) is 0 Å². The van der Waals surface area contributed by atoms with E-state index in [1.807, 2.05) is 33.8 Å². The second kappa shape index (κ2) is 4.21. The first-order valence-corrected chi connectivity index (χ1v) is 5.48. The lowest BCUT2D eigenvalue weighted by molar-refractivity contribution is -0.117. The van der Waals surface area contributed by atoms with Crippen molar-refractivity contribution in [2.45, 2.75) is 40.5 Å². The van der Waals surface area contributed by atoms with Gasteiger partial charge in [0.05, 0.1) is 5.76 Å². The van der Waals surface area contributed by atoms with Crippen molar-refractivity contribution in [3.8, 4) is 0 Å². The summed E-state index contributed by atoms with van der Waals surface area (Å²) in [6, 6.07) is 0. The van der Waals surface area contributed by atoms with Gasteiger partial charge in [-0.3, -0.25) is 4.79 Å². The maximum absolute atomic E-state index is 11.4. The van der Waals surface area contributed by atoms with E-state index in [0.717, 1.165) is 12.0 Å². The molecular weight excluding hydrogens is 188 g/mol. The van der Waals surface area contributed by atoms with Crippen LogP contribution in [-0.4, -0.2) is 10.9 Å². The van der Waals surface area contributed by atoms with Crippen LogP contribution in [0.4, 0.5) is 0 Å². The molecule has 0 aromatic rings. The molecular formula is C13H20O2. The Morgan fingerprint density at radius 1 is 1.67 bits per heavy atom. The number of hydrogen-bond acceptors (Lipinski definition) is 2. The van der Waals surface area contributed by atoms with Gasteiger partial charge in [-0.1, -0.05) is 26.3 Å². The number of carbonyl (C=O) groups is 1. The lowest BCUT2D eigenvalue weighted by Gasteiger charge is -2.37. The van der Waals surface area contributed by atoms with Crippen molar-refractivity contribution in [3.05, 3.63) is 23.5 Å². The van der Waals surface area contributed by atoms with E-state index in [0.29, 0.717) is 12.2 Å². The second-order valence-corrected chi connectivity index (χ2v) is 4.99. The van der Waals surface area contributed by atoms with Gasteiger partial charge in [0.2, 0.25) is 0 Å². The SMILES string of the molecule is CC/C=C(\O)C1C(C)=CC(=O)CC1(C)C. The molecule has 0 aromatic heterocycles. The molecule has 0 saturated carbocycles. The number of ketones is 1. The molecule has 2 nitrogen and oxygen atoms in total. The maximum Gasteiger partial charge on any atom is 0.156 e. The van der Waals surface area contributed by atoms with E-state index in [1.165, 1.54) is 0 Å². The normalized spacial score (nSPS) is 26.4. The van der Waals surface area contributed by atoms with E-state index in [-0.39, 0.29) is 17.1 Å². The summed E-state index contributed by atoms with van der Waals surface area (Å²) in [4.78, 5) is 11.4. The molecule has 84 valence electrons. The zero-order chi connectivity index (χ0) is 11.6. The van der Waals surface area contributed by atoms with Gasteiger partial charge in [0.25, 0.3) is 0 Å². The summed E-state index contributed by atoms with van der Waals surface area (Å²) in [5.74, 6) is 0.567. The molecule has 0 amide bonds. The smallest absolute Gasteiger partial charge is 0.156 e. The van der Waals surface area contributed by atoms with Crippen LogP contribution in [0, 0.1) is 11.3 Å². The number of rotatable bonds is 2. The lowest BCUT2D eigenvalue weighted by atomic mass is 9.67. The average Bonchev–Trinajstić information content (AvgIpc) is 1.99. The van der Waals surface area contributed by atoms with Gasteiger partial charge in [-0.2, -0.15) is 0 Å². The third-order valence-corrected chi connectivity index (χ3v) is 2.96. The van der Waals surface area contributed by atoms with Gasteiger partial charge in [0.1, 0.15) is 0 Å². The molecule has 1 rings (SSSR count). The predicted molar refractivity (Wildman–Crippen MR) is 61.7 cm³/mol. The minimum Gasteiger partial charge on any atom is -0.512 e. The zero-order valence-electron chi connectivity index (χ0n) is 10.0. The molecule has 0 bridgehead atoms. The van der Waals surface area contributed by atoms with Crippen LogP contribution in [0.1, 0.15) is 40.5 Å². The molecule has 0 fully saturated rings. The standard InChI is InChI=1S/C13H20O2/c1-5-6-11(15)12-9(2)7-10(14)8-13(12,3)4/h6-7,12,15H,5,8H2,1-4H3/b11-6-. The Morgan fingerprint density at radius 3 is 2.73 bits per heavy atom. The minimum atomic E-state index is -0.175. The summed E-state index contributed by atoms with van der Waals surface area (Å²) < 4.78 is 0. The Labute approximate surface area is 91.7 Å². The van der Waals surface area contributed by atoms with E-state index >= 15 is 0 Å². The molecule has 0 spiro atoms. The molecule has 1 aliphatic rings. The highest BCUT2D eigenvalue weighted by molar-refractivity contribution is 5.92. The molecule has 2 heteroatoms. The van der Waals surface area contributed by atoms with Crippen LogP contribution in [0.25, 0.3) is 0 Å². The Balaban J connectivity index is 3.09. The average molecular weight is 208 g/mol. The van der Waals surface area contributed by atoms with E-state index in [9.17, 15) is 9.90 Å². The molecule has 0 heterocycles. The van der Waals surface area contributed by atoms with Crippen LogP contribution >= 0.6 is 0 Å². The van der Waals surface area contributed by atoms with Crippen molar-refractivity contribution in [2.75, 3.05) is 0 Å². The van der Waals surface area contributed by atoms with Gasteiger partial charge in [-0.15, -0.1) is 0 Å². The Bertz CT molecular complexity index is 321. The fourth-order valence-corrected chi connectivity index (χ4v) is 2.52. The summed E-state index contributed by atoms with van der Waals surface area (Å²) in [7, 11) is 0. The Morgan fingerprint density at radius 2 is 2.27 bits per heavy atom. The number of allylic oxidation sites excluding steroid dienone is 3. The van der Waals surface area contributed by atoms with Gasteiger partial charge >= 0.3 is 0 Å². The van der Waals surface area contributed by atoms with E-state index in [1.54, 1.807) is 6.08 Å². The van der Waals surface area contributed by atoms with Crippen LogP contribution in [0.5, 0.6) is 0 Å². The molecule has 0 aromatic carbocycles. The summed E-state index contributed by atoms with van der Waals surface area (Å²) in [5.41, 5.74) is 0.796. The molecule has 0 radical (unpaired) electrons. The summed E-state index contributed by atoms with van der Waals surface area (Å²) in [5, 5.41) is 9.98. The first-order valence-electron chi connectivity index (χ1n) is 5.48. The molecule has 1 N–H and O–H groups in total. The van der Waals surface area contributed by atoms with Crippen molar-refractivity contribution in [1.82, 2.24) is 0 Å². The molecule has 0 saturated heterocycles. The van der Waals surface area contributed by atoms with Crippen LogP contribution < -0.4 is 0 Å². The molecule has 1 unspecified atom stereocenters. The molecule has 1 aliphatic carbocycles. The lowest BCUT2D eigenvalue weighted by Crippen LogP contribution is -2.33. The highest BCUT2D eigenvalue weighted by Crippen LogP contribution is 2.42. The zero-order valence-corrected chi connectivity index (χ0v) is 10.0. The van der Waals surface area contributed by atoms with Crippen molar-refractivity contribution >= 4 is 5.78 Å². The monoisotopic (exact) mass is 208 g/mol. The quantitative estimate of drug-likeness (QED) is 0.706. The number of carbonyl (C=O) groups excluding carboxylic acids is 1. The summed E-state index contributed by atoms with van der Waals surface area (Å²) >= 11 is 0. The van der Waals surface area contributed by atoms with Gasteiger partial charge in [-0.25, -0.2) is 0 Å². The molecule has 0 aliphatic heterocycles. The fraction of sp³-hybridized carbons (Fsp3) is 0.615. The number of hydrogen-bond donors (Lipinski definition) is 1. The fourth-order valence-electron chi connectivity index (χ4n) is 2.52. The van der Waals surface area contributed by atoms with Gasteiger partial charge in [0.15, 0.2) is 5.78 Å². The minimum absolute atomic E-state index is 0.00449. The van der Waals surface area contributed by atoms with Crippen LogP contribution in [-0.2, 0) is 4.79 Å². The summed E-state index contributed by atoms with van der Waals surface area (Å²) in [6.07, 6.45) is 4.82. The second-order valence-electron chi connectivity index (χ2n) is 4.99. The van der Waals surface area contributed by atoms with E-state index in [4.69, 9.17) is 0 Å². The number of aliphatic hydroxyl groups excluding tert-OH is 1. The van der Waals surface area contributed by atoms with Crippen LogP contribution in [0.15, 0.2) is 23.5 Å². The van der Waals surface area contributed by atoms with Gasteiger partial charge in [-0.05, 0) is 30.9 Å².